The van der Waals surface area contributed by atoms with Gasteiger partial charge in [0.2, 0.25) is 5.91 Å². The van der Waals surface area contributed by atoms with E-state index in [0.717, 1.165) is 36.6 Å². The number of carbonyl (C=O) groups is 1. The van der Waals surface area contributed by atoms with Crippen LogP contribution in [0.1, 0.15) is 18.4 Å². The van der Waals surface area contributed by atoms with Crippen molar-refractivity contribution >= 4 is 5.91 Å². The fourth-order valence-corrected chi connectivity index (χ4v) is 3.43. The van der Waals surface area contributed by atoms with Gasteiger partial charge in [0.1, 0.15) is 25.1 Å². The molecule has 2 aromatic rings. The van der Waals surface area contributed by atoms with Crippen molar-refractivity contribution in [3.63, 3.8) is 0 Å². The number of carbonyl (C=O) groups excluding carboxylic acids is 1. The van der Waals surface area contributed by atoms with E-state index in [2.05, 4.69) is 10.6 Å². The van der Waals surface area contributed by atoms with Gasteiger partial charge in [-0.15, -0.1) is 0 Å². The number of rotatable bonds is 7. The van der Waals surface area contributed by atoms with Crippen molar-refractivity contribution < 1.29 is 19.0 Å². The van der Waals surface area contributed by atoms with E-state index in [4.69, 9.17) is 14.2 Å². The zero-order chi connectivity index (χ0) is 19.2. The van der Waals surface area contributed by atoms with Crippen LogP contribution >= 0.6 is 0 Å². The summed E-state index contributed by atoms with van der Waals surface area (Å²) < 4.78 is 17.8. The molecule has 2 aliphatic rings. The fourth-order valence-electron chi connectivity index (χ4n) is 3.43. The Morgan fingerprint density at radius 1 is 1.11 bits per heavy atom. The summed E-state index contributed by atoms with van der Waals surface area (Å²) in [5, 5.41) is 6.36. The van der Waals surface area contributed by atoms with Crippen molar-refractivity contribution in [2.24, 2.45) is 5.92 Å². The molecular formula is C22H26N2O4. The number of piperidine rings is 1. The molecule has 6 nitrogen and oxygen atoms in total. The molecule has 2 atom stereocenters. The molecule has 0 saturated carbocycles. The normalized spacial score (nSPS) is 21.1. The summed E-state index contributed by atoms with van der Waals surface area (Å²) in [5.74, 6) is 2.86. The minimum Gasteiger partial charge on any atom is -0.489 e. The van der Waals surface area contributed by atoms with E-state index in [1.807, 2.05) is 48.5 Å². The lowest BCUT2D eigenvalue weighted by Crippen LogP contribution is -2.43. The smallest absolute Gasteiger partial charge is 0.220 e. The highest BCUT2D eigenvalue weighted by molar-refractivity contribution is 5.76. The van der Waals surface area contributed by atoms with Crippen molar-refractivity contribution in [2.75, 3.05) is 26.2 Å². The maximum absolute atomic E-state index is 11.2. The molecule has 0 spiro atoms. The zero-order valence-electron chi connectivity index (χ0n) is 15.9. The molecule has 0 aromatic heterocycles. The molecule has 2 aromatic carbocycles. The molecule has 4 rings (SSSR count). The monoisotopic (exact) mass is 382 g/mol. The van der Waals surface area contributed by atoms with Crippen LogP contribution in [-0.2, 0) is 11.4 Å². The van der Waals surface area contributed by atoms with E-state index >= 15 is 0 Å². The highest BCUT2D eigenvalue weighted by Crippen LogP contribution is 2.35. The summed E-state index contributed by atoms with van der Waals surface area (Å²) >= 11 is 0. The maximum atomic E-state index is 11.2. The molecule has 1 amide bonds. The highest BCUT2D eigenvalue weighted by atomic mass is 16.6. The summed E-state index contributed by atoms with van der Waals surface area (Å²) in [6.07, 6.45) is 1.51. The Balaban J connectivity index is 1.26. The van der Waals surface area contributed by atoms with Gasteiger partial charge in [0, 0.05) is 25.6 Å². The van der Waals surface area contributed by atoms with E-state index in [1.165, 1.54) is 0 Å². The predicted molar refractivity (Wildman–Crippen MR) is 106 cm³/mol. The number of nitrogens with one attached hydrogen (secondary N) is 2. The van der Waals surface area contributed by atoms with Gasteiger partial charge in [-0.3, -0.25) is 4.79 Å². The second kappa shape index (κ2) is 8.97. The van der Waals surface area contributed by atoms with Gasteiger partial charge in [-0.25, -0.2) is 0 Å². The van der Waals surface area contributed by atoms with Crippen LogP contribution in [-0.4, -0.2) is 38.3 Å². The van der Waals surface area contributed by atoms with Crippen molar-refractivity contribution in [1.82, 2.24) is 10.6 Å². The summed E-state index contributed by atoms with van der Waals surface area (Å²) in [7, 11) is 0. The van der Waals surface area contributed by atoms with Crippen LogP contribution in [0, 0.1) is 5.92 Å². The van der Waals surface area contributed by atoms with Crippen LogP contribution in [0.5, 0.6) is 17.2 Å². The molecule has 28 heavy (non-hydrogen) atoms. The summed E-state index contributed by atoms with van der Waals surface area (Å²) in [6, 6.07) is 15.8. The van der Waals surface area contributed by atoms with E-state index in [-0.39, 0.29) is 12.0 Å². The molecule has 2 aliphatic heterocycles. The van der Waals surface area contributed by atoms with Gasteiger partial charge >= 0.3 is 0 Å². The van der Waals surface area contributed by atoms with Gasteiger partial charge < -0.3 is 24.8 Å². The lowest BCUT2D eigenvalue weighted by atomic mass is 9.99. The first-order chi connectivity index (χ1) is 13.8. The number of ether oxygens (including phenoxy) is 3. The minimum atomic E-state index is -0.0462. The van der Waals surface area contributed by atoms with Crippen LogP contribution in [0.25, 0.3) is 0 Å². The molecule has 0 bridgehead atoms. The first kappa shape index (κ1) is 18.6. The van der Waals surface area contributed by atoms with Gasteiger partial charge in [-0.2, -0.15) is 0 Å². The Bertz CT molecular complexity index is 786. The van der Waals surface area contributed by atoms with E-state index in [9.17, 15) is 4.79 Å². The molecule has 2 N–H and O–H groups in total. The summed E-state index contributed by atoms with van der Waals surface area (Å²) in [6.45, 7) is 3.36. The number of hydrogen-bond donors (Lipinski definition) is 2. The van der Waals surface area contributed by atoms with E-state index in [0.29, 0.717) is 37.8 Å². The summed E-state index contributed by atoms with van der Waals surface area (Å²) in [5.41, 5.74) is 1.12. The third kappa shape index (κ3) is 4.95. The molecular weight excluding hydrogens is 356 g/mol. The number of amides is 1. The lowest BCUT2D eigenvalue weighted by Gasteiger charge is -2.28. The lowest BCUT2D eigenvalue weighted by molar-refractivity contribution is -0.122. The molecule has 2 heterocycles. The fraction of sp³-hybridized carbons (Fsp3) is 0.409. The first-order valence-corrected chi connectivity index (χ1v) is 9.84. The Labute approximate surface area is 165 Å². The van der Waals surface area contributed by atoms with Crippen LogP contribution in [0.15, 0.2) is 48.5 Å². The largest absolute Gasteiger partial charge is 0.489 e. The predicted octanol–water partition coefficient (Wildman–Crippen LogP) is 2.52. The second-order valence-electron chi connectivity index (χ2n) is 7.30. The van der Waals surface area contributed by atoms with Crippen LogP contribution in [0.2, 0.25) is 0 Å². The van der Waals surface area contributed by atoms with Crippen molar-refractivity contribution in [2.45, 2.75) is 25.6 Å². The zero-order valence-corrected chi connectivity index (χ0v) is 15.9. The molecule has 1 fully saturated rings. The standard InChI is InChI=1S/C22H26N2O4/c25-22-9-6-17(12-24-22)11-23-13-19-15-27-20-8-7-18(10-21(20)28-19)26-14-16-4-2-1-3-5-16/h1-5,7-8,10,17,19,23H,6,9,11-15H2,(H,24,25). The molecule has 2 unspecified atom stereocenters. The van der Waals surface area contributed by atoms with Crippen molar-refractivity contribution in [3.8, 4) is 17.2 Å². The van der Waals surface area contributed by atoms with E-state index < -0.39 is 0 Å². The summed E-state index contributed by atoms with van der Waals surface area (Å²) in [4.78, 5) is 11.2. The minimum absolute atomic E-state index is 0.0462. The van der Waals surface area contributed by atoms with Gasteiger partial charge in [-0.05, 0) is 36.6 Å². The Hall–Kier alpha value is -2.73. The second-order valence-corrected chi connectivity index (χ2v) is 7.30. The molecule has 0 aliphatic carbocycles. The average Bonchev–Trinajstić information content (AvgIpc) is 2.74. The quantitative estimate of drug-likeness (QED) is 0.770. The van der Waals surface area contributed by atoms with E-state index in [1.54, 1.807) is 0 Å². The van der Waals surface area contributed by atoms with Gasteiger partial charge in [0.05, 0.1) is 0 Å². The number of benzene rings is 2. The van der Waals surface area contributed by atoms with Crippen molar-refractivity contribution in [3.05, 3.63) is 54.1 Å². The van der Waals surface area contributed by atoms with Crippen LogP contribution < -0.4 is 24.8 Å². The third-order valence-corrected chi connectivity index (χ3v) is 5.05. The van der Waals surface area contributed by atoms with Crippen LogP contribution in [0.4, 0.5) is 0 Å². The highest BCUT2D eigenvalue weighted by Gasteiger charge is 2.23. The van der Waals surface area contributed by atoms with Gasteiger partial charge in [0.15, 0.2) is 11.5 Å². The van der Waals surface area contributed by atoms with Gasteiger partial charge in [0.25, 0.3) is 0 Å². The number of hydrogen-bond acceptors (Lipinski definition) is 5. The SMILES string of the molecule is O=C1CCC(CNCC2COc3ccc(OCc4ccccc4)cc3O2)CN1. The average molecular weight is 382 g/mol. The Morgan fingerprint density at radius 3 is 2.82 bits per heavy atom. The first-order valence-electron chi connectivity index (χ1n) is 9.84. The molecule has 1 saturated heterocycles. The Kier molecular flexibility index (Phi) is 5.97. The maximum Gasteiger partial charge on any atom is 0.220 e. The van der Waals surface area contributed by atoms with Crippen molar-refractivity contribution in [1.29, 1.82) is 0 Å². The Morgan fingerprint density at radius 2 is 2.00 bits per heavy atom. The topological polar surface area (TPSA) is 68.8 Å². The molecule has 0 radical (unpaired) electrons. The van der Waals surface area contributed by atoms with Crippen LogP contribution in [0.3, 0.4) is 0 Å². The number of fused-ring (bicyclic) bond motifs is 1. The molecule has 6 heteroatoms. The molecule has 148 valence electrons. The van der Waals surface area contributed by atoms with Gasteiger partial charge in [-0.1, -0.05) is 30.3 Å². The third-order valence-electron chi connectivity index (χ3n) is 5.05.